The first-order valence-corrected chi connectivity index (χ1v) is 7.57. The maximum absolute atomic E-state index is 11.8. The number of Topliss-reactive ketones (excluding diaryl/α,β-unsaturated/α-hetero) is 1. The summed E-state index contributed by atoms with van der Waals surface area (Å²) in [5, 5.41) is 0.750. The Bertz CT molecular complexity index is 417. The van der Waals surface area contributed by atoms with E-state index in [2.05, 4.69) is 38.5 Å². The van der Waals surface area contributed by atoms with E-state index in [0.717, 1.165) is 27.0 Å². The third-order valence-electron chi connectivity index (χ3n) is 2.70. The molecular weight excluding hydrogens is 402 g/mol. The molecule has 1 aliphatic carbocycles. The second-order valence-electron chi connectivity index (χ2n) is 4.08. The van der Waals surface area contributed by atoms with Gasteiger partial charge in [0.1, 0.15) is 5.78 Å². The second-order valence-corrected chi connectivity index (χ2v) is 6.84. The molecule has 0 amide bonds. The first kappa shape index (κ1) is 12.8. The lowest BCUT2D eigenvalue weighted by atomic mass is 10.1. The topological polar surface area (TPSA) is 17.1 Å². The first-order chi connectivity index (χ1) is 7.58. The summed E-state index contributed by atoms with van der Waals surface area (Å²) in [6, 6.07) is 5.94. The van der Waals surface area contributed by atoms with E-state index < -0.39 is 0 Å². The first-order valence-electron chi connectivity index (χ1n) is 5.19. The van der Waals surface area contributed by atoms with Gasteiger partial charge in [0.05, 0.1) is 4.83 Å². The van der Waals surface area contributed by atoms with Gasteiger partial charge in [-0.2, -0.15) is 0 Å². The quantitative estimate of drug-likeness (QED) is 0.533. The Labute approximate surface area is 122 Å². The highest BCUT2D eigenvalue weighted by atomic mass is 127. The number of benzene rings is 1. The SMILES string of the molecule is O=C(C(Br)Cc1ccc(I)cc1Cl)C1CC1. The van der Waals surface area contributed by atoms with Gasteiger partial charge in [0, 0.05) is 14.5 Å². The number of hydrogen-bond donors (Lipinski definition) is 0. The highest BCUT2D eigenvalue weighted by Gasteiger charge is 2.33. The van der Waals surface area contributed by atoms with Crippen LogP contribution in [0, 0.1) is 9.49 Å². The molecule has 0 bridgehead atoms. The molecule has 0 spiro atoms. The molecule has 1 aliphatic rings. The Morgan fingerprint density at radius 3 is 2.81 bits per heavy atom. The lowest BCUT2D eigenvalue weighted by Gasteiger charge is -2.09. The maximum atomic E-state index is 11.8. The Balaban J connectivity index is 2.05. The second kappa shape index (κ2) is 5.36. The molecule has 4 heteroatoms. The summed E-state index contributed by atoms with van der Waals surface area (Å²) in [7, 11) is 0. The van der Waals surface area contributed by atoms with Crippen molar-refractivity contribution < 1.29 is 4.79 Å². The van der Waals surface area contributed by atoms with Gasteiger partial charge in [-0.3, -0.25) is 4.79 Å². The standard InChI is InChI=1S/C12H11BrClIO/c13-10(12(16)7-1-2-7)5-8-3-4-9(15)6-11(8)14/h3-4,6-7,10H,1-2,5H2. The van der Waals surface area contributed by atoms with E-state index in [1.54, 1.807) is 0 Å². The average molecular weight is 413 g/mol. The number of ketones is 1. The Morgan fingerprint density at radius 2 is 2.25 bits per heavy atom. The van der Waals surface area contributed by atoms with Gasteiger partial charge in [0.25, 0.3) is 0 Å². The molecule has 1 nitrogen and oxygen atoms in total. The van der Waals surface area contributed by atoms with E-state index in [1.165, 1.54) is 0 Å². The van der Waals surface area contributed by atoms with Crippen molar-refractivity contribution in [2.24, 2.45) is 5.92 Å². The zero-order valence-corrected chi connectivity index (χ0v) is 13.0. The minimum Gasteiger partial charge on any atom is -0.298 e. The van der Waals surface area contributed by atoms with E-state index in [0.29, 0.717) is 18.1 Å². The largest absolute Gasteiger partial charge is 0.298 e. The number of hydrogen-bond acceptors (Lipinski definition) is 1. The molecule has 0 saturated heterocycles. The zero-order valence-electron chi connectivity index (χ0n) is 8.55. The van der Waals surface area contributed by atoms with E-state index in [-0.39, 0.29) is 4.83 Å². The molecule has 16 heavy (non-hydrogen) atoms. The molecule has 0 radical (unpaired) electrons. The average Bonchev–Trinajstić information content (AvgIpc) is 3.04. The molecule has 86 valence electrons. The third kappa shape index (κ3) is 3.20. The van der Waals surface area contributed by atoms with E-state index in [4.69, 9.17) is 11.6 Å². The van der Waals surface area contributed by atoms with E-state index >= 15 is 0 Å². The van der Waals surface area contributed by atoms with Crippen molar-refractivity contribution in [3.63, 3.8) is 0 Å². The maximum Gasteiger partial charge on any atom is 0.149 e. The highest BCUT2D eigenvalue weighted by Crippen LogP contribution is 2.34. The molecule has 2 rings (SSSR count). The van der Waals surface area contributed by atoms with Gasteiger partial charge in [0.15, 0.2) is 0 Å². The van der Waals surface area contributed by atoms with Gasteiger partial charge in [-0.05, 0) is 59.5 Å². The third-order valence-corrected chi connectivity index (χ3v) is 4.50. The Morgan fingerprint density at radius 1 is 1.56 bits per heavy atom. The van der Waals surface area contributed by atoms with Gasteiger partial charge in [-0.1, -0.05) is 33.6 Å². The van der Waals surface area contributed by atoms with Crippen LogP contribution in [0.4, 0.5) is 0 Å². The molecule has 1 fully saturated rings. The number of carbonyl (C=O) groups excluding carboxylic acids is 1. The number of carbonyl (C=O) groups is 1. The van der Waals surface area contributed by atoms with Crippen molar-refractivity contribution in [3.8, 4) is 0 Å². The van der Waals surface area contributed by atoms with Gasteiger partial charge >= 0.3 is 0 Å². The van der Waals surface area contributed by atoms with Crippen molar-refractivity contribution in [2.75, 3.05) is 0 Å². The van der Waals surface area contributed by atoms with Crippen LogP contribution in [-0.4, -0.2) is 10.6 Å². The molecular formula is C12H11BrClIO. The fraction of sp³-hybridized carbons (Fsp3) is 0.417. The molecule has 1 unspecified atom stereocenters. The minimum absolute atomic E-state index is 0.0856. The van der Waals surface area contributed by atoms with Crippen LogP contribution >= 0.6 is 50.1 Å². The predicted octanol–water partition coefficient (Wildman–Crippen LogP) is 4.23. The lowest BCUT2D eigenvalue weighted by Crippen LogP contribution is -2.18. The smallest absolute Gasteiger partial charge is 0.149 e. The molecule has 0 heterocycles. The fourth-order valence-electron chi connectivity index (χ4n) is 1.60. The molecule has 0 aromatic heterocycles. The van der Waals surface area contributed by atoms with Crippen LogP contribution in [0.5, 0.6) is 0 Å². The van der Waals surface area contributed by atoms with Crippen LogP contribution in [0.25, 0.3) is 0 Å². The van der Waals surface area contributed by atoms with E-state index in [1.807, 2.05) is 18.2 Å². The van der Waals surface area contributed by atoms with Crippen molar-refractivity contribution in [2.45, 2.75) is 24.1 Å². The number of halogens is 3. The molecule has 1 aromatic carbocycles. The van der Waals surface area contributed by atoms with Crippen molar-refractivity contribution in [3.05, 3.63) is 32.4 Å². The van der Waals surface area contributed by atoms with Gasteiger partial charge in [-0.25, -0.2) is 0 Å². The summed E-state index contributed by atoms with van der Waals surface area (Å²) in [6.07, 6.45) is 2.80. The van der Waals surface area contributed by atoms with Crippen molar-refractivity contribution >= 4 is 55.9 Å². The predicted molar refractivity (Wildman–Crippen MR) is 78.3 cm³/mol. The minimum atomic E-state index is -0.0856. The normalized spacial score (nSPS) is 17.2. The van der Waals surface area contributed by atoms with Gasteiger partial charge in [0.2, 0.25) is 0 Å². The van der Waals surface area contributed by atoms with Crippen LogP contribution < -0.4 is 0 Å². The lowest BCUT2D eigenvalue weighted by molar-refractivity contribution is -0.119. The monoisotopic (exact) mass is 412 g/mol. The highest BCUT2D eigenvalue weighted by molar-refractivity contribution is 14.1. The summed E-state index contributed by atoms with van der Waals surface area (Å²) in [4.78, 5) is 11.7. The summed E-state index contributed by atoms with van der Waals surface area (Å²) in [6.45, 7) is 0. The van der Waals surface area contributed by atoms with Crippen LogP contribution in [0.1, 0.15) is 18.4 Å². The fourth-order valence-corrected chi connectivity index (χ4v) is 3.26. The molecule has 0 aliphatic heterocycles. The zero-order chi connectivity index (χ0) is 11.7. The molecule has 0 N–H and O–H groups in total. The van der Waals surface area contributed by atoms with Crippen LogP contribution in [-0.2, 0) is 11.2 Å². The Kier molecular flexibility index (Phi) is 4.30. The number of alkyl halides is 1. The van der Waals surface area contributed by atoms with Crippen molar-refractivity contribution in [1.29, 1.82) is 0 Å². The summed E-state index contributed by atoms with van der Waals surface area (Å²) >= 11 is 11.8. The molecule has 1 saturated carbocycles. The van der Waals surface area contributed by atoms with Crippen molar-refractivity contribution in [1.82, 2.24) is 0 Å². The van der Waals surface area contributed by atoms with Crippen LogP contribution in [0.15, 0.2) is 18.2 Å². The molecule has 1 atom stereocenters. The van der Waals surface area contributed by atoms with Gasteiger partial charge in [-0.15, -0.1) is 0 Å². The van der Waals surface area contributed by atoms with Crippen LogP contribution in [0.2, 0.25) is 5.02 Å². The summed E-state index contributed by atoms with van der Waals surface area (Å²) in [5.41, 5.74) is 1.04. The molecule has 1 aromatic rings. The van der Waals surface area contributed by atoms with Gasteiger partial charge < -0.3 is 0 Å². The number of rotatable bonds is 4. The summed E-state index contributed by atoms with van der Waals surface area (Å²) < 4.78 is 1.12. The Hall–Kier alpha value is 0.390. The van der Waals surface area contributed by atoms with E-state index in [9.17, 15) is 4.79 Å². The van der Waals surface area contributed by atoms with Crippen LogP contribution in [0.3, 0.4) is 0 Å². The summed E-state index contributed by atoms with van der Waals surface area (Å²) in [5.74, 6) is 0.626.